The smallest absolute Gasteiger partial charge is 0.251 e. The van der Waals surface area contributed by atoms with Crippen molar-refractivity contribution in [2.24, 2.45) is 0 Å². The minimum absolute atomic E-state index is 0.159. The lowest BCUT2D eigenvalue weighted by molar-refractivity contribution is 0.0951. The number of carbonyl (C=O) groups is 1. The third-order valence-electron chi connectivity index (χ3n) is 6.52. The number of nitrogens with zero attached hydrogens (tertiary/aromatic N) is 1. The molecule has 0 spiro atoms. The minimum atomic E-state index is -1.19. The monoisotopic (exact) mass is 579 g/mol. The third kappa shape index (κ3) is 7.77. The fraction of sp³-hybridized carbons (Fsp3) is 0.233. The zero-order chi connectivity index (χ0) is 27.0. The van der Waals surface area contributed by atoms with Gasteiger partial charge in [0.2, 0.25) is 0 Å². The Morgan fingerprint density at radius 1 is 0.897 bits per heavy atom. The van der Waals surface area contributed by atoms with Crippen LogP contribution in [0.3, 0.4) is 0 Å². The van der Waals surface area contributed by atoms with Gasteiger partial charge in [0.1, 0.15) is 26.7 Å². The normalized spacial score (nSPS) is 15.1. The molecule has 1 amide bonds. The van der Waals surface area contributed by atoms with E-state index in [4.69, 9.17) is 16.3 Å². The van der Waals surface area contributed by atoms with Gasteiger partial charge in [0.05, 0.1) is 6.54 Å². The standard InChI is InChI=1S/C30H30ClN3O3S2/c31-24-10-8-23(9-11-24)30(35)33-21-28-14-15-29(38-28)39(36)34-18-16-25(17-19-34)32-20-22-6-12-27(13-7-22)37-26-4-2-1-3-5-26/h1-15,25,32H,16-21H2,(H,33,35). The number of halogens is 1. The molecule has 0 radical (unpaired) electrons. The molecule has 2 N–H and O–H groups in total. The van der Waals surface area contributed by atoms with Crippen molar-refractivity contribution in [2.45, 2.75) is 36.2 Å². The maximum absolute atomic E-state index is 13.2. The van der Waals surface area contributed by atoms with Crippen molar-refractivity contribution in [3.63, 3.8) is 0 Å². The molecule has 4 aromatic rings. The van der Waals surface area contributed by atoms with Gasteiger partial charge in [0.15, 0.2) is 0 Å². The lowest BCUT2D eigenvalue weighted by atomic mass is 10.1. The molecule has 1 saturated heterocycles. The van der Waals surface area contributed by atoms with E-state index in [-0.39, 0.29) is 5.91 Å². The lowest BCUT2D eigenvalue weighted by Gasteiger charge is -2.31. The Kier molecular flexibility index (Phi) is 9.44. The highest BCUT2D eigenvalue weighted by molar-refractivity contribution is 7.85. The Bertz CT molecular complexity index is 1390. The summed E-state index contributed by atoms with van der Waals surface area (Å²) in [5.74, 6) is 1.49. The molecule has 0 aliphatic carbocycles. The number of nitrogens with one attached hydrogen (secondary N) is 2. The van der Waals surface area contributed by atoms with Gasteiger partial charge in [0.25, 0.3) is 5.91 Å². The van der Waals surface area contributed by atoms with Crippen molar-refractivity contribution >= 4 is 39.8 Å². The Morgan fingerprint density at radius 3 is 2.31 bits per heavy atom. The zero-order valence-corrected chi connectivity index (χ0v) is 23.7. The van der Waals surface area contributed by atoms with E-state index in [9.17, 15) is 9.00 Å². The van der Waals surface area contributed by atoms with E-state index in [1.165, 1.54) is 16.9 Å². The van der Waals surface area contributed by atoms with Gasteiger partial charge in [-0.05, 0) is 79.1 Å². The van der Waals surface area contributed by atoms with Gasteiger partial charge in [-0.15, -0.1) is 11.3 Å². The first-order valence-corrected chi connectivity index (χ1v) is 15.2. The maximum atomic E-state index is 13.2. The van der Waals surface area contributed by atoms with E-state index >= 15 is 0 Å². The number of piperidine rings is 1. The van der Waals surface area contributed by atoms with Gasteiger partial charge in [-0.25, -0.2) is 8.51 Å². The molecule has 39 heavy (non-hydrogen) atoms. The second-order valence-electron chi connectivity index (χ2n) is 9.30. The summed E-state index contributed by atoms with van der Waals surface area (Å²) in [6, 6.07) is 28.9. The van der Waals surface area contributed by atoms with Gasteiger partial charge in [-0.2, -0.15) is 0 Å². The summed E-state index contributed by atoms with van der Waals surface area (Å²) >= 11 is 7.37. The van der Waals surface area contributed by atoms with E-state index in [0.717, 1.165) is 53.1 Å². The van der Waals surface area contributed by atoms with Gasteiger partial charge >= 0.3 is 0 Å². The van der Waals surface area contributed by atoms with Gasteiger partial charge in [-0.3, -0.25) is 4.79 Å². The van der Waals surface area contributed by atoms with E-state index in [1.54, 1.807) is 24.3 Å². The second-order valence-corrected chi connectivity index (χ2v) is 12.6. The van der Waals surface area contributed by atoms with Gasteiger partial charge < -0.3 is 15.4 Å². The SMILES string of the molecule is O=C(NCc1ccc(S(=O)N2CCC(NCc3ccc(Oc4ccccc4)cc3)CC2)s1)c1ccc(Cl)cc1. The zero-order valence-electron chi connectivity index (χ0n) is 21.3. The summed E-state index contributed by atoms with van der Waals surface area (Å²) in [4.78, 5) is 13.3. The highest BCUT2D eigenvalue weighted by Gasteiger charge is 2.24. The predicted octanol–water partition coefficient (Wildman–Crippen LogP) is 6.40. The van der Waals surface area contributed by atoms with Crippen LogP contribution in [0.4, 0.5) is 0 Å². The van der Waals surface area contributed by atoms with Crippen LogP contribution >= 0.6 is 22.9 Å². The molecule has 1 fully saturated rings. The Morgan fingerprint density at radius 2 is 1.59 bits per heavy atom. The molecule has 1 aromatic heterocycles. The highest BCUT2D eigenvalue weighted by Crippen LogP contribution is 2.25. The lowest BCUT2D eigenvalue weighted by Crippen LogP contribution is -2.42. The molecule has 1 atom stereocenters. The summed E-state index contributed by atoms with van der Waals surface area (Å²) in [6.45, 7) is 2.73. The number of amides is 1. The predicted molar refractivity (Wildman–Crippen MR) is 158 cm³/mol. The van der Waals surface area contributed by atoms with Crippen molar-refractivity contribution in [3.8, 4) is 11.5 Å². The summed E-state index contributed by atoms with van der Waals surface area (Å²) in [6.07, 6.45) is 1.88. The van der Waals surface area contributed by atoms with Crippen LogP contribution in [0.25, 0.3) is 0 Å². The fourth-order valence-corrected chi connectivity index (χ4v) is 7.04. The van der Waals surface area contributed by atoms with E-state index in [2.05, 4.69) is 22.8 Å². The van der Waals surface area contributed by atoms with Crippen LogP contribution in [0.5, 0.6) is 11.5 Å². The number of carbonyl (C=O) groups excluding carboxylic acids is 1. The number of ether oxygens (including phenoxy) is 1. The molecule has 2 heterocycles. The van der Waals surface area contributed by atoms with E-state index in [0.29, 0.717) is 23.2 Å². The fourth-order valence-electron chi connectivity index (χ4n) is 4.33. The number of rotatable bonds is 10. The molecule has 1 aliphatic rings. The minimum Gasteiger partial charge on any atom is -0.457 e. The molecule has 1 unspecified atom stereocenters. The number of thiophene rings is 1. The topological polar surface area (TPSA) is 70.7 Å². The van der Waals surface area contributed by atoms with Crippen LogP contribution in [0.2, 0.25) is 5.02 Å². The highest BCUT2D eigenvalue weighted by atomic mass is 35.5. The summed E-state index contributed by atoms with van der Waals surface area (Å²) in [5.41, 5.74) is 1.76. The average molecular weight is 580 g/mol. The molecule has 202 valence electrons. The van der Waals surface area contributed by atoms with E-state index in [1.807, 2.05) is 58.9 Å². The first kappa shape index (κ1) is 27.6. The third-order valence-corrected chi connectivity index (χ3v) is 9.65. The number of hydrogen-bond donors (Lipinski definition) is 2. The van der Waals surface area contributed by atoms with Crippen LogP contribution < -0.4 is 15.4 Å². The number of para-hydroxylation sites is 1. The molecule has 6 nitrogen and oxygen atoms in total. The molecule has 0 saturated carbocycles. The van der Waals surface area contributed by atoms with Crippen LogP contribution in [0.15, 0.2) is 95.2 Å². The number of hydrogen-bond acceptors (Lipinski definition) is 5. The first-order chi connectivity index (χ1) is 19.0. The number of benzene rings is 3. The Labute approximate surface area is 240 Å². The molecule has 0 bridgehead atoms. The molecule has 1 aliphatic heterocycles. The molecular formula is C30H30ClN3O3S2. The van der Waals surface area contributed by atoms with Crippen molar-refractivity contribution in [2.75, 3.05) is 13.1 Å². The van der Waals surface area contributed by atoms with Crippen molar-refractivity contribution in [1.82, 2.24) is 14.9 Å². The summed E-state index contributed by atoms with van der Waals surface area (Å²) in [7, 11) is -1.19. The van der Waals surface area contributed by atoms with Crippen LogP contribution in [-0.4, -0.2) is 33.6 Å². The first-order valence-electron chi connectivity index (χ1n) is 12.9. The summed E-state index contributed by atoms with van der Waals surface area (Å²) < 4.78 is 21.9. The molecular weight excluding hydrogens is 550 g/mol. The quantitative estimate of drug-likeness (QED) is 0.228. The Hall–Kier alpha value is -3.01. The molecule has 9 heteroatoms. The van der Waals surface area contributed by atoms with Crippen molar-refractivity contribution in [3.05, 3.63) is 112 Å². The largest absolute Gasteiger partial charge is 0.457 e. The van der Waals surface area contributed by atoms with Gasteiger partial charge in [-0.1, -0.05) is 41.9 Å². The maximum Gasteiger partial charge on any atom is 0.251 e. The van der Waals surface area contributed by atoms with Crippen LogP contribution in [0, 0.1) is 0 Å². The van der Waals surface area contributed by atoms with Crippen molar-refractivity contribution < 1.29 is 13.7 Å². The van der Waals surface area contributed by atoms with Crippen LogP contribution in [0.1, 0.15) is 33.6 Å². The second kappa shape index (κ2) is 13.4. The Balaban J connectivity index is 1.04. The molecule has 5 rings (SSSR count). The van der Waals surface area contributed by atoms with Crippen molar-refractivity contribution in [1.29, 1.82) is 0 Å². The van der Waals surface area contributed by atoms with E-state index < -0.39 is 11.0 Å². The van der Waals surface area contributed by atoms with Crippen LogP contribution in [-0.2, 0) is 24.1 Å². The summed E-state index contributed by atoms with van der Waals surface area (Å²) in [5, 5.41) is 7.15. The van der Waals surface area contributed by atoms with Gasteiger partial charge in [0, 0.05) is 41.1 Å². The average Bonchev–Trinajstić information content (AvgIpc) is 3.45. The molecule has 3 aromatic carbocycles.